The van der Waals surface area contributed by atoms with Crippen LogP contribution in [0.5, 0.6) is 0 Å². The molecule has 0 spiro atoms. The van der Waals surface area contributed by atoms with E-state index in [0.29, 0.717) is 0 Å². The van der Waals surface area contributed by atoms with Crippen molar-refractivity contribution >= 4 is 84.8 Å². The molecule has 0 atom stereocenters. The third-order valence-corrected chi connectivity index (χ3v) is 10.4. The number of hydrogen-bond acceptors (Lipinski definition) is 2. The smallest absolute Gasteiger partial charge is 0.0640 e. The summed E-state index contributed by atoms with van der Waals surface area (Å²) in [5.41, 5.74) is 6.34. The minimum Gasteiger partial charge on any atom is -0.308 e. The molecule has 1 nitrogen and oxygen atoms in total. The summed E-state index contributed by atoms with van der Waals surface area (Å²) in [5.74, 6) is 0. The van der Waals surface area contributed by atoms with E-state index in [2.05, 4.69) is 132 Å². The van der Waals surface area contributed by atoms with Crippen LogP contribution in [-0.4, -0.2) is 4.57 Å². The van der Waals surface area contributed by atoms with E-state index in [4.69, 9.17) is 0 Å². The van der Waals surface area contributed by atoms with Crippen LogP contribution in [0.4, 0.5) is 0 Å². The fraction of sp³-hybridized carbons (Fsp3) is 0. The first kappa shape index (κ1) is 21.5. The lowest BCUT2D eigenvalue weighted by Gasteiger charge is -2.09. The Kier molecular flexibility index (Phi) is 4.43. The molecule has 39 heavy (non-hydrogen) atoms. The minimum absolute atomic E-state index is 1.25. The van der Waals surface area contributed by atoms with E-state index in [1.807, 2.05) is 22.7 Å². The lowest BCUT2D eigenvalue weighted by atomic mass is 9.98. The van der Waals surface area contributed by atoms with E-state index in [1.54, 1.807) is 0 Å². The normalized spacial score (nSPS) is 12.1. The number of nitrogens with zero attached hydrogens (tertiary/aromatic N) is 1. The second-order valence-electron chi connectivity index (χ2n) is 10.1. The first-order valence-corrected chi connectivity index (χ1v) is 14.8. The van der Waals surface area contributed by atoms with Crippen molar-refractivity contribution in [2.75, 3.05) is 0 Å². The zero-order valence-corrected chi connectivity index (χ0v) is 22.5. The van der Waals surface area contributed by atoms with E-state index in [1.165, 1.54) is 79.0 Å². The van der Waals surface area contributed by atoms with Crippen LogP contribution >= 0.6 is 22.7 Å². The molecule has 0 radical (unpaired) electrons. The molecule has 9 aromatic rings. The summed E-state index contributed by atoms with van der Waals surface area (Å²) >= 11 is 3.78. The first-order valence-electron chi connectivity index (χ1n) is 13.2. The summed E-state index contributed by atoms with van der Waals surface area (Å²) in [5, 5.41) is 7.94. The van der Waals surface area contributed by atoms with Crippen LogP contribution in [0.1, 0.15) is 0 Å². The largest absolute Gasteiger partial charge is 0.308 e. The number of rotatable bonds is 2. The third-order valence-electron chi connectivity index (χ3n) is 8.01. The SMILES string of the molecule is c1ccc2c(c1)sc1cccc(-c3ccc4sc5c(-n6c7ccccc7c7ccccc76)cccc5c4c3)c12. The van der Waals surface area contributed by atoms with Gasteiger partial charge in [-0.05, 0) is 53.6 Å². The molecule has 3 heterocycles. The van der Waals surface area contributed by atoms with Crippen molar-refractivity contribution in [1.29, 1.82) is 0 Å². The van der Waals surface area contributed by atoms with Crippen LogP contribution in [0.25, 0.3) is 79.0 Å². The molecule has 0 aliphatic rings. The molecule has 3 heteroatoms. The van der Waals surface area contributed by atoms with Crippen molar-refractivity contribution in [3.63, 3.8) is 0 Å². The Labute approximate surface area is 232 Å². The topological polar surface area (TPSA) is 4.93 Å². The molecule has 182 valence electrons. The molecule has 3 aromatic heterocycles. The van der Waals surface area contributed by atoms with E-state index in [0.717, 1.165) is 0 Å². The summed E-state index contributed by atoms with van der Waals surface area (Å²) in [6.45, 7) is 0. The molecule has 6 aromatic carbocycles. The zero-order chi connectivity index (χ0) is 25.5. The van der Waals surface area contributed by atoms with Gasteiger partial charge in [-0.25, -0.2) is 0 Å². The van der Waals surface area contributed by atoms with Crippen LogP contribution in [0.2, 0.25) is 0 Å². The number of hydrogen-bond donors (Lipinski definition) is 0. The van der Waals surface area contributed by atoms with E-state index < -0.39 is 0 Å². The van der Waals surface area contributed by atoms with Crippen LogP contribution < -0.4 is 0 Å². The number of benzene rings is 6. The summed E-state index contributed by atoms with van der Waals surface area (Å²) < 4.78 is 7.79. The van der Waals surface area contributed by atoms with Gasteiger partial charge in [0.1, 0.15) is 0 Å². The maximum absolute atomic E-state index is 2.45. The van der Waals surface area contributed by atoms with Gasteiger partial charge in [-0.2, -0.15) is 0 Å². The van der Waals surface area contributed by atoms with Gasteiger partial charge in [0.2, 0.25) is 0 Å². The number of para-hydroxylation sites is 2. The first-order chi connectivity index (χ1) is 19.3. The lowest BCUT2D eigenvalue weighted by molar-refractivity contribution is 1.20. The molecule has 0 aliphatic heterocycles. The Morgan fingerprint density at radius 1 is 0.436 bits per heavy atom. The molecular formula is C36H21NS2. The van der Waals surface area contributed by atoms with Crippen molar-refractivity contribution in [3.8, 4) is 16.8 Å². The highest BCUT2D eigenvalue weighted by atomic mass is 32.1. The molecule has 9 rings (SSSR count). The second kappa shape index (κ2) is 8.03. The van der Waals surface area contributed by atoms with Gasteiger partial charge in [0.05, 0.1) is 21.4 Å². The molecule has 0 aliphatic carbocycles. The van der Waals surface area contributed by atoms with E-state index in [9.17, 15) is 0 Å². The van der Waals surface area contributed by atoms with Crippen LogP contribution in [0.15, 0.2) is 127 Å². The van der Waals surface area contributed by atoms with E-state index >= 15 is 0 Å². The summed E-state index contributed by atoms with van der Waals surface area (Å²) in [6, 6.07) is 46.8. The van der Waals surface area contributed by atoms with Gasteiger partial charge in [0.25, 0.3) is 0 Å². The Balaban J connectivity index is 1.32. The highest BCUT2D eigenvalue weighted by Gasteiger charge is 2.17. The quantitative estimate of drug-likeness (QED) is 0.209. The average Bonchev–Trinajstić information content (AvgIpc) is 3.66. The van der Waals surface area contributed by atoms with Gasteiger partial charge in [0.15, 0.2) is 0 Å². The molecule has 0 fully saturated rings. The molecular weight excluding hydrogens is 511 g/mol. The predicted molar refractivity (Wildman–Crippen MR) is 172 cm³/mol. The Morgan fingerprint density at radius 3 is 1.90 bits per heavy atom. The van der Waals surface area contributed by atoms with Crippen molar-refractivity contribution < 1.29 is 0 Å². The summed E-state index contributed by atoms with van der Waals surface area (Å²) in [4.78, 5) is 0. The van der Waals surface area contributed by atoms with Crippen molar-refractivity contribution in [3.05, 3.63) is 127 Å². The van der Waals surface area contributed by atoms with Crippen molar-refractivity contribution in [2.45, 2.75) is 0 Å². The molecule has 0 saturated carbocycles. The number of fused-ring (bicyclic) bond motifs is 9. The van der Waals surface area contributed by atoms with Gasteiger partial charge < -0.3 is 4.57 Å². The third kappa shape index (κ3) is 3.00. The second-order valence-corrected chi connectivity index (χ2v) is 12.2. The minimum atomic E-state index is 1.25. The molecule has 0 bridgehead atoms. The maximum atomic E-state index is 2.45. The standard InChI is InChI=1S/C36H21NS2/c1-4-14-29-24(9-1)25-10-2-5-15-30(25)37(29)31-16-7-13-26-28-21-22(19-20-33(28)39-36(26)31)23-12-8-18-34-35(23)27-11-3-6-17-32(27)38-34/h1-21H. The van der Waals surface area contributed by atoms with Gasteiger partial charge in [0, 0.05) is 46.4 Å². The molecule has 0 unspecified atom stereocenters. The number of aromatic nitrogens is 1. The van der Waals surface area contributed by atoms with Crippen LogP contribution in [-0.2, 0) is 0 Å². The Morgan fingerprint density at radius 2 is 1.08 bits per heavy atom. The molecule has 0 saturated heterocycles. The highest BCUT2D eigenvalue weighted by Crippen LogP contribution is 2.44. The highest BCUT2D eigenvalue weighted by molar-refractivity contribution is 7.26. The Hall–Kier alpha value is -4.44. The maximum Gasteiger partial charge on any atom is 0.0640 e. The molecule has 0 N–H and O–H groups in total. The summed E-state index contributed by atoms with van der Waals surface area (Å²) in [7, 11) is 0. The van der Waals surface area contributed by atoms with Gasteiger partial charge in [-0.3, -0.25) is 0 Å². The monoisotopic (exact) mass is 531 g/mol. The average molecular weight is 532 g/mol. The fourth-order valence-electron chi connectivity index (χ4n) is 6.32. The lowest BCUT2D eigenvalue weighted by Crippen LogP contribution is -1.93. The Bertz CT molecular complexity index is 2350. The number of thiophene rings is 2. The molecule has 0 amide bonds. The fourth-order valence-corrected chi connectivity index (χ4v) is 8.64. The van der Waals surface area contributed by atoms with Gasteiger partial charge >= 0.3 is 0 Å². The predicted octanol–water partition coefficient (Wildman–Crippen LogP) is 11.2. The van der Waals surface area contributed by atoms with Gasteiger partial charge in [-0.15, -0.1) is 22.7 Å². The van der Waals surface area contributed by atoms with Crippen molar-refractivity contribution in [1.82, 2.24) is 4.57 Å². The zero-order valence-electron chi connectivity index (χ0n) is 20.9. The summed E-state index contributed by atoms with van der Waals surface area (Å²) in [6.07, 6.45) is 0. The van der Waals surface area contributed by atoms with Gasteiger partial charge in [-0.1, -0.05) is 84.9 Å². The van der Waals surface area contributed by atoms with Crippen LogP contribution in [0, 0.1) is 0 Å². The van der Waals surface area contributed by atoms with E-state index in [-0.39, 0.29) is 0 Å². The van der Waals surface area contributed by atoms with Crippen molar-refractivity contribution in [2.24, 2.45) is 0 Å². The van der Waals surface area contributed by atoms with Crippen LogP contribution in [0.3, 0.4) is 0 Å².